The molecule has 6 nitrogen and oxygen atoms in total. The van der Waals surface area contributed by atoms with E-state index in [4.69, 9.17) is 9.47 Å². The minimum absolute atomic E-state index is 0.489. The fraction of sp³-hybridized carbons (Fsp3) is 0.682. The highest BCUT2D eigenvalue weighted by molar-refractivity contribution is 5.79. The number of guanidine groups is 1. The second-order valence-corrected chi connectivity index (χ2v) is 7.57. The van der Waals surface area contributed by atoms with E-state index < -0.39 is 0 Å². The van der Waals surface area contributed by atoms with Crippen molar-refractivity contribution in [2.75, 3.05) is 51.4 Å². The van der Waals surface area contributed by atoms with Gasteiger partial charge >= 0.3 is 0 Å². The Morgan fingerprint density at radius 1 is 1.14 bits per heavy atom. The zero-order chi connectivity index (χ0) is 19.4. The van der Waals surface area contributed by atoms with Crippen molar-refractivity contribution in [3.63, 3.8) is 0 Å². The number of benzene rings is 1. The number of nitrogens with zero attached hydrogens (tertiary/aromatic N) is 2. The first-order valence-corrected chi connectivity index (χ1v) is 10.8. The summed E-state index contributed by atoms with van der Waals surface area (Å²) in [5.41, 5.74) is 2.57. The molecule has 2 aliphatic rings. The summed E-state index contributed by atoms with van der Waals surface area (Å²) in [5.74, 6) is 0.842. The summed E-state index contributed by atoms with van der Waals surface area (Å²) >= 11 is 0. The minimum atomic E-state index is 0.489. The number of anilines is 1. The lowest BCUT2D eigenvalue weighted by atomic mass is 9.98. The molecule has 28 heavy (non-hydrogen) atoms. The summed E-state index contributed by atoms with van der Waals surface area (Å²) in [5, 5.41) is 6.85. The highest BCUT2D eigenvalue weighted by Gasteiger charge is 2.15. The number of aliphatic imine (C=N–C) groups is 1. The zero-order valence-electron chi connectivity index (χ0n) is 17.3. The molecule has 0 amide bonds. The molecular formula is C22H36N4O2. The number of hydrogen-bond donors (Lipinski definition) is 2. The van der Waals surface area contributed by atoms with Gasteiger partial charge in [0, 0.05) is 45.5 Å². The van der Waals surface area contributed by atoms with Crippen LogP contribution in [0.25, 0.3) is 0 Å². The summed E-state index contributed by atoms with van der Waals surface area (Å²) < 4.78 is 11.5. The number of rotatable bonds is 8. The van der Waals surface area contributed by atoms with Crippen LogP contribution < -0.4 is 15.5 Å². The van der Waals surface area contributed by atoms with Gasteiger partial charge in [-0.3, -0.25) is 4.99 Å². The summed E-state index contributed by atoms with van der Waals surface area (Å²) in [6.07, 6.45) is 7.98. The SMILES string of the molecule is CN=C(NCCCOC1CCCCC1)NCc1ccccc1N1CCOCC1. The van der Waals surface area contributed by atoms with Crippen molar-refractivity contribution in [1.82, 2.24) is 10.6 Å². The Bertz CT molecular complexity index is 596. The quantitative estimate of drug-likeness (QED) is 0.407. The Labute approximate surface area is 169 Å². The minimum Gasteiger partial charge on any atom is -0.378 e. The molecule has 6 heteroatoms. The standard InChI is InChI=1S/C22H36N4O2/c1-23-22(24-12-7-15-28-20-9-3-2-4-10-20)25-18-19-8-5-6-11-21(19)26-13-16-27-17-14-26/h5-6,8,11,20H,2-4,7,9-10,12-18H2,1H3,(H2,23,24,25). The number of nitrogens with one attached hydrogen (secondary N) is 2. The average molecular weight is 389 g/mol. The van der Waals surface area contributed by atoms with Crippen molar-refractivity contribution in [3.8, 4) is 0 Å². The van der Waals surface area contributed by atoms with Crippen LogP contribution in [0.2, 0.25) is 0 Å². The van der Waals surface area contributed by atoms with E-state index in [-0.39, 0.29) is 0 Å². The molecule has 0 aromatic heterocycles. The van der Waals surface area contributed by atoms with E-state index >= 15 is 0 Å². The van der Waals surface area contributed by atoms with Gasteiger partial charge in [-0.15, -0.1) is 0 Å². The average Bonchev–Trinajstić information content (AvgIpc) is 2.77. The van der Waals surface area contributed by atoms with Gasteiger partial charge in [0.25, 0.3) is 0 Å². The third kappa shape index (κ3) is 6.67. The molecule has 1 saturated carbocycles. The monoisotopic (exact) mass is 388 g/mol. The van der Waals surface area contributed by atoms with Gasteiger partial charge < -0.3 is 25.0 Å². The Morgan fingerprint density at radius 3 is 2.71 bits per heavy atom. The van der Waals surface area contributed by atoms with E-state index in [1.165, 1.54) is 43.4 Å². The lowest BCUT2D eigenvalue weighted by Gasteiger charge is -2.30. The maximum absolute atomic E-state index is 5.99. The maximum Gasteiger partial charge on any atom is 0.191 e. The van der Waals surface area contributed by atoms with Crippen LogP contribution in [0.3, 0.4) is 0 Å². The summed E-state index contributed by atoms with van der Waals surface area (Å²) in [6, 6.07) is 8.58. The third-order valence-corrected chi connectivity index (χ3v) is 5.53. The Kier molecular flexibility index (Phi) is 8.91. The molecule has 0 atom stereocenters. The van der Waals surface area contributed by atoms with E-state index in [0.29, 0.717) is 6.10 Å². The molecule has 2 fully saturated rings. The second-order valence-electron chi connectivity index (χ2n) is 7.57. The van der Waals surface area contributed by atoms with Gasteiger partial charge in [0.1, 0.15) is 0 Å². The van der Waals surface area contributed by atoms with Crippen molar-refractivity contribution < 1.29 is 9.47 Å². The zero-order valence-corrected chi connectivity index (χ0v) is 17.3. The van der Waals surface area contributed by atoms with Crippen LogP contribution in [-0.4, -0.2) is 58.6 Å². The van der Waals surface area contributed by atoms with E-state index in [1.807, 2.05) is 7.05 Å². The fourth-order valence-corrected chi connectivity index (χ4v) is 3.93. The molecule has 1 aliphatic carbocycles. The van der Waals surface area contributed by atoms with Gasteiger partial charge in [-0.05, 0) is 30.9 Å². The maximum atomic E-state index is 5.99. The first-order valence-electron chi connectivity index (χ1n) is 10.8. The van der Waals surface area contributed by atoms with E-state index in [1.54, 1.807) is 0 Å². The van der Waals surface area contributed by atoms with Crippen LogP contribution in [0, 0.1) is 0 Å². The molecule has 0 spiro atoms. The fourth-order valence-electron chi connectivity index (χ4n) is 3.93. The van der Waals surface area contributed by atoms with Crippen LogP contribution in [0.4, 0.5) is 5.69 Å². The van der Waals surface area contributed by atoms with Crippen molar-refractivity contribution in [2.24, 2.45) is 4.99 Å². The summed E-state index contributed by atoms with van der Waals surface area (Å²) in [7, 11) is 1.82. The van der Waals surface area contributed by atoms with E-state index in [9.17, 15) is 0 Å². The predicted molar refractivity (Wildman–Crippen MR) is 115 cm³/mol. The molecule has 1 heterocycles. The molecule has 156 valence electrons. The molecule has 3 rings (SSSR count). The van der Waals surface area contributed by atoms with Crippen molar-refractivity contribution in [3.05, 3.63) is 29.8 Å². The van der Waals surface area contributed by atoms with Gasteiger partial charge in [0.15, 0.2) is 5.96 Å². The smallest absolute Gasteiger partial charge is 0.191 e. The number of para-hydroxylation sites is 1. The topological polar surface area (TPSA) is 58.1 Å². The Hall–Kier alpha value is -1.79. The van der Waals surface area contributed by atoms with Gasteiger partial charge in [0.05, 0.1) is 19.3 Å². The molecule has 1 aromatic carbocycles. The molecule has 1 saturated heterocycles. The Morgan fingerprint density at radius 2 is 1.93 bits per heavy atom. The summed E-state index contributed by atoms with van der Waals surface area (Å²) in [6.45, 7) is 5.95. The van der Waals surface area contributed by atoms with Gasteiger partial charge in [0.2, 0.25) is 0 Å². The van der Waals surface area contributed by atoms with Crippen LogP contribution in [-0.2, 0) is 16.0 Å². The predicted octanol–water partition coefficient (Wildman–Crippen LogP) is 2.93. The van der Waals surface area contributed by atoms with Crippen LogP contribution in [0.5, 0.6) is 0 Å². The van der Waals surface area contributed by atoms with Crippen molar-refractivity contribution in [1.29, 1.82) is 0 Å². The van der Waals surface area contributed by atoms with Gasteiger partial charge in [-0.2, -0.15) is 0 Å². The molecule has 0 unspecified atom stereocenters. The molecular weight excluding hydrogens is 352 g/mol. The normalized spacial score (nSPS) is 18.9. The molecule has 0 radical (unpaired) electrons. The molecule has 1 aromatic rings. The van der Waals surface area contributed by atoms with Crippen LogP contribution in [0.15, 0.2) is 29.3 Å². The highest BCUT2D eigenvalue weighted by Crippen LogP contribution is 2.21. The lowest BCUT2D eigenvalue weighted by Crippen LogP contribution is -2.39. The number of morpholine rings is 1. The van der Waals surface area contributed by atoms with Crippen molar-refractivity contribution in [2.45, 2.75) is 51.2 Å². The van der Waals surface area contributed by atoms with Gasteiger partial charge in [-0.25, -0.2) is 0 Å². The Balaban J connectivity index is 1.38. The first kappa shape index (κ1) is 20.9. The first-order chi connectivity index (χ1) is 13.9. The largest absolute Gasteiger partial charge is 0.378 e. The van der Waals surface area contributed by atoms with Gasteiger partial charge in [-0.1, -0.05) is 37.5 Å². The second kappa shape index (κ2) is 11.9. The third-order valence-electron chi connectivity index (χ3n) is 5.53. The van der Waals surface area contributed by atoms with Crippen LogP contribution in [0.1, 0.15) is 44.1 Å². The van der Waals surface area contributed by atoms with Crippen molar-refractivity contribution >= 4 is 11.6 Å². The highest BCUT2D eigenvalue weighted by atomic mass is 16.5. The van der Waals surface area contributed by atoms with Crippen LogP contribution >= 0.6 is 0 Å². The van der Waals surface area contributed by atoms with E-state index in [0.717, 1.165) is 58.4 Å². The lowest BCUT2D eigenvalue weighted by molar-refractivity contribution is 0.0277. The molecule has 0 bridgehead atoms. The molecule has 2 N–H and O–H groups in total. The number of ether oxygens (including phenoxy) is 2. The summed E-state index contributed by atoms with van der Waals surface area (Å²) in [4.78, 5) is 6.75. The number of hydrogen-bond acceptors (Lipinski definition) is 4. The van der Waals surface area contributed by atoms with E-state index in [2.05, 4.69) is 44.8 Å². The molecule has 1 aliphatic heterocycles.